The molecule has 1 aromatic rings. The molecule has 0 bridgehead atoms. The molecule has 0 fully saturated rings. The highest BCUT2D eigenvalue weighted by molar-refractivity contribution is 5.37. The molecule has 2 N–H and O–H groups in total. The Bertz CT molecular complexity index is 367. The largest absolute Gasteiger partial charge is 0.493 e. The molecule has 3 nitrogen and oxygen atoms in total. The molecular formula is C15H23NO2. The van der Waals surface area contributed by atoms with Crippen LogP contribution in [0.4, 0.5) is 0 Å². The number of nitrogens with two attached hydrogens (primary N) is 1. The van der Waals surface area contributed by atoms with Gasteiger partial charge in [-0.2, -0.15) is 0 Å². The predicted molar refractivity (Wildman–Crippen MR) is 73.0 cm³/mol. The second-order valence-corrected chi connectivity index (χ2v) is 5.00. The van der Waals surface area contributed by atoms with Crippen molar-refractivity contribution in [1.82, 2.24) is 0 Å². The van der Waals surface area contributed by atoms with Crippen LogP contribution in [0.15, 0.2) is 24.3 Å². The molecule has 0 aromatic heterocycles. The molecule has 0 amide bonds. The maximum atomic E-state index is 6.21. The maximum Gasteiger partial charge on any atom is 0.122 e. The third-order valence-corrected chi connectivity index (χ3v) is 3.59. The first-order valence-corrected chi connectivity index (χ1v) is 6.77. The van der Waals surface area contributed by atoms with Gasteiger partial charge in [0.05, 0.1) is 6.61 Å². The molecule has 2 unspecified atom stereocenters. The van der Waals surface area contributed by atoms with Gasteiger partial charge in [-0.15, -0.1) is 0 Å². The van der Waals surface area contributed by atoms with Crippen molar-refractivity contribution >= 4 is 0 Å². The number of methoxy groups -OCH3 is 1. The third kappa shape index (κ3) is 3.47. The van der Waals surface area contributed by atoms with Gasteiger partial charge in [-0.1, -0.05) is 18.2 Å². The summed E-state index contributed by atoms with van der Waals surface area (Å²) < 4.78 is 10.7. The minimum atomic E-state index is 0.260. The molecule has 1 aliphatic heterocycles. The van der Waals surface area contributed by atoms with Gasteiger partial charge in [0.2, 0.25) is 0 Å². The molecule has 2 rings (SSSR count). The van der Waals surface area contributed by atoms with Crippen molar-refractivity contribution in [2.45, 2.75) is 37.6 Å². The van der Waals surface area contributed by atoms with Crippen LogP contribution in [-0.2, 0) is 4.74 Å². The van der Waals surface area contributed by atoms with Gasteiger partial charge in [0.1, 0.15) is 5.75 Å². The number of hydrogen-bond acceptors (Lipinski definition) is 3. The monoisotopic (exact) mass is 249 g/mol. The van der Waals surface area contributed by atoms with Crippen LogP contribution in [0.2, 0.25) is 0 Å². The van der Waals surface area contributed by atoms with E-state index in [0.29, 0.717) is 5.92 Å². The summed E-state index contributed by atoms with van der Waals surface area (Å²) in [7, 11) is 1.74. The lowest BCUT2D eigenvalue weighted by Gasteiger charge is -2.27. The summed E-state index contributed by atoms with van der Waals surface area (Å²) in [4.78, 5) is 0. The lowest BCUT2D eigenvalue weighted by atomic mass is 9.86. The van der Waals surface area contributed by atoms with Gasteiger partial charge in [0.15, 0.2) is 0 Å². The molecule has 0 saturated carbocycles. The quantitative estimate of drug-likeness (QED) is 0.788. The molecule has 0 saturated heterocycles. The first-order chi connectivity index (χ1) is 8.81. The highest BCUT2D eigenvalue weighted by Crippen LogP contribution is 2.36. The summed E-state index contributed by atoms with van der Waals surface area (Å²) in [5.41, 5.74) is 7.53. The highest BCUT2D eigenvalue weighted by Gasteiger charge is 2.22. The normalized spacial score (nSPS) is 20.0. The average Bonchev–Trinajstić information content (AvgIpc) is 2.39. The fraction of sp³-hybridized carbons (Fsp3) is 0.600. The van der Waals surface area contributed by atoms with Gasteiger partial charge in [-0.25, -0.2) is 0 Å². The Labute approximate surface area is 109 Å². The Morgan fingerprint density at radius 1 is 1.44 bits per heavy atom. The number of para-hydroxylation sites is 1. The van der Waals surface area contributed by atoms with E-state index >= 15 is 0 Å². The molecule has 2 atom stereocenters. The van der Waals surface area contributed by atoms with Gasteiger partial charge >= 0.3 is 0 Å². The molecule has 0 radical (unpaired) electrons. The molecular weight excluding hydrogens is 226 g/mol. The number of rotatable bonds is 6. The van der Waals surface area contributed by atoms with Gasteiger partial charge in [0.25, 0.3) is 0 Å². The van der Waals surface area contributed by atoms with Crippen LogP contribution in [0.5, 0.6) is 5.75 Å². The Morgan fingerprint density at radius 3 is 3.11 bits per heavy atom. The topological polar surface area (TPSA) is 44.5 Å². The zero-order valence-electron chi connectivity index (χ0n) is 11.1. The minimum absolute atomic E-state index is 0.260. The minimum Gasteiger partial charge on any atom is -0.493 e. The highest BCUT2D eigenvalue weighted by atomic mass is 16.5. The first-order valence-electron chi connectivity index (χ1n) is 6.77. The van der Waals surface area contributed by atoms with Crippen molar-refractivity contribution in [2.24, 2.45) is 5.73 Å². The molecule has 1 aromatic carbocycles. The van der Waals surface area contributed by atoms with Gasteiger partial charge in [0, 0.05) is 19.8 Å². The van der Waals surface area contributed by atoms with E-state index in [-0.39, 0.29) is 6.04 Å². The van der Waals surface area contributed by atoms with Crippen molar-refractivity contribution in [3.8, 4) is 5.75 Å². The van der Waals surface area contributed by atoms with Crippen LogP contribution in [0.25, 0.3) is 0 Å². The van der Waals surface area contributed by atoms with Crippen LogP contribution in [-0.4, -0.2) is 26.4 Å². The summed E-state index contributed by atoms with van der Waals surface area (Å²) in [5.74, 6) is 1.59. The molecule has 0 aliphatic carbocycles. The van der Waals surface area contributed by atoms with Crippen molar-refractivity contribution < 1.29 is 9.47 Å². The summed E-state index contributed by atoms with van der Waals surface area (Å²) >= 11 is 0. The Balaban J connectivity index is 1.90. The van der Waals surface area contributed by atoms with Gasteiger partial charge in [-0.3, -0.25) is 0 Å². The van der Waals surface area contributed by atoms with Crippen molar-refractivity contribution in [2.75, 3.05) is 20.3 Å². The van der Waals surface area contributed by atoms with E-state index in [1.54, 1.807) is 7.11 Å². The molecule has 100 valence electrons. The SMILES string of the molecule is COCCCC(N)CC1CCOc2ccccc21. The Hall–Kier alpha value is -1.06. The van der Waals surface area contributed by atoms with Crippen molar-refractivity contribution in [1.29, 1.82) is 0 Å². The molecule has 1 heterocycles. The van der Waals surface area contributed by atoms with Crippen LogP contribution in [0, 0.1) is 0 Å². The number of benzene rings is 1. The molecule has 0 spiro atoms. The number of hydrogen-bond donors (Lipinski definition) is 1. The van der Waals surface area contributed by atoms with E-state index in [1.165, 1.54) is 5.56 Å². The van der Waals surface area contributed by atoms with Crippen LogP contribution in [0.3, 0.4) is 0 Å². The smallest absolute Gasteiger partial charge is 0.122 e. The first kappa shape index (κ1) is 13.4. The predicted octanol–water partition coefficient (Wildman–Crippen LogP) is 2.70. The van der Waals surface area contributed by atoms with E-state index in [1.807, 2.05) is 6.07 Å². The van der Waals surface area contributed by atoms with E-state index < -0.39 is 0 Å². The summed E-state index contributed by atoms with van der Waals surface area (Å²) in [6.45, 7) is 1.62. The van der Waals surface area contributed by atoms with Crippen LogP contribution >= 0.6 is 0 Å². The van der Waals surface area contributed by atoms with Gasteiger partial charge < -0.3 is 15.2 Å². The fourth-order valence-electron chi connectivity index (χ4n) is 2.63. The molecule has 1 aliphatic rings. The van der Waals surface area contributed by atoms with Crippen LogP contribution < -0.4 is 10.5 Å². The fourth-order valence-corrected chi connectivity index (χ4v) is 2.63. The molecule has 18 heavy (non-hydrogen) atoms. The van der Waals surface area contributed by atoms with E-state index in [9.17, 15) is 0 Å². The van der Waals surface area contributed by atoms with E-state index in [4.69, 9.17) is 15.2 Å². The Morgan fingerprint density at radius 2 is 2.28 bits per heavy atom. The second-order valence-electron chi connectivity index (χ2n) is 5.00. The van der Waals surface area contributed by atoms with Gasteiger partial charge in [-0.05, 0) is 43.2 Å². The summed E-state index contributed by atoms with van der Waals surface area (Å²) in [5, 5.41) is 0. The van der Waals surface area contributed by atoms with Crippen molar-refractivity contribution in [3.63, 3.8) is 0 Å². The molecule has 3 heteroatoms. The summed E-state index contributed by atoms with van der Waals surface area (Å²) in [6.07, 6.45) is 4.20. The zero-order chi connectivity index (χ0) is 12.8. The number of ether oxygens (including phenoxy) is 2. The summed E-state index contributed by atoms with van der Waals surface area (Å²) in [6, 6.07) is 8.59. The lowest BCUT2D eigenvalue weighted by molar-refractivity contribution is 0.188. The van der Waals surface area contributed by atoms with E-state index in [0.717, 1.165) is 44.6 Å². The maximum absolute atomic E-state index is 6.21. The standard InChI is InChI=1S/C15H23NO2/c1-17-9-4-5-13(16)11-12-8-10-18-15-7-3-2-6-14(12)15/h2-3,6-7,12-13H,4-5,8-11,16H2,1H3. The number of fused-ring (bicyclic) bond motifs is 1. The van der Waals surface area contributed by atoms with Crippen molar-refractivity contribution in [3.05, 3.63) is 29.8 Å². The van der Waals surface area contributed by atoms with Crippen LogP contribution in [0.1, 0.15) is 37.2 Å². The lowest BCUT2D eigenvalue weighted by Crippen LogP contribution is -2.26. The third-order valence-electron chi connectivity index (χ3n) is 3.59. The Kier molecular flexibility index (Phi) is 5.02. The zero-order valence-corrected chi connectivity index (χ0v) is 11.1. The average molecular weight is 249 g/mol. The second kappa shape index (κ2) is 6.76. The van der Waals surface area contributed by atoms with E-state index in [2.05, 4.69) is 18.2 Å².